The van der Waals surface area contributed by atoms with Crippen LogP contribution in [0, 0.1) is 0 Å². The first-order chi connectivity index (χ1) is 7.88. The van der Waals surface area contributed by atoms with Gasteiger partial charge in [0.05, 0.1) is 12.7 Å². The number of rotatable bonds is 3. The number of carbonyl (C=O) groups excluding carboxylic acids is 2. The van der Waals surface area contributed by atoms with Gasteiger partial charge in [-0.15, -0.1) is 0 Å². The Morgan fingerprint density at radius 3 is 2.53 bits per heavy atom. The van der Waals surface area contributed by atoms with Crippen LogP contribution in [0.1, 0.15) is 10.4 Å². The van der Waals surface area contributed by atoms with Gasteiger partial charge in [0.2, 0.25) is 0 Å². The lowest BCUT2D eigenvalue weighted by Crippen LogP contribution is -2.29. The first-order valence-corrected chi connectivity index (χ1v) is 4.40. The molecule has 0 aliphatic heterocycles. The minimum atomic E-state index is -4.97. The molecule has 0 atom stereocenters. The topological polar surface area (TPSA) is 55.4 Å². The molecule has 17 heavy (non-hydrogen) atoms. The molecule has 0 spiro atoms. The van der Waals surface area contributed by atoms with Crippen LogP contribution in [-0.2, 0) is 4.79 Å². The van der Waals surface area contributed by atoms with Gasteiger partial charge in [-0.2, -0.15) is 13.2 Å². The summed E-state index contributed by atoms with van der Waals surface area (Å²) in [5.41, 5.74) is -0.0808. The van der Waals surface area contributed by atoms with Gasteiger partial charge in [-0.25, -0.2) is 0 Å². The molecule has 0 saturated carbocycles. The van der Waals surface area contributed by atoms with Crippen molar-refractivity contribution >= 4 is 17.9 Å². The van der Waals surface area contributed by atoms with E-state index in [1.807, 2.05) is 0 Å². The normalized spacial score (nSPS) is 10.8. The Bertz CT molecular complexity index is 443. The first kappa shape index (κ1) is 13.0. The average molecular weight is 247 g/mol. The molecular formula is C10H8F3NO3. The molecule has 92 valence electrons. The number of alkyl halides is 3. The second-order valence-corrected chi connectivity index (χ2v) is 3.03. The van der Waals surface area contributed by atoms with Crippen molar-refractivity contribution in [3.8, 4) is 5.75 Å². The lowest BCUT2D eigenvalue weighted by Gasteiger charge is -2.09. The first-order valence-electron chi connectivity index (χ1n) is 4.40. The van der Waals surface area contributed by atoms with E-state index in [0.29, 0.717) is 6.29 Å². The average Bonchev–Trinajstić information content (AvgIpc) is 2.27. The molecule has 4 nitrogen and oxygen atoms in total. The SMILES string of the molecule is COc1ccc(NC(=O)C(F)(F)F)cc1C=O. The maximum absolute atomic E-state index is 12.0. The molecule has 7 heteroatoms. The van der Waals surface area contributed by atoms with Crippen LogP contribution in [0.2, 0.25) is 0 Å². The lowest BCUT2D eigenvalue weighted by molar-refractivity contribution is -0.167. The van der Waals surface area contributed by atoms with E-state index < -0.39 is 12.1 Å². The Morgan fingerprint density at radius 1 is 1.41 bits per heavy atom. The molecule has 1 amide bonds. The highest BCUT2D eigenvalue weighted by Crippen LogP contribution is 2.23. The van der Waals surface area contributed by atoms with Gasteiger partial charge < -0.3 is 10.1 Å². The Labute approximate surface area is 94.4 Å². The van der Waals surface area contributed by atoms with Crippen LogP contribution in [0.25, 0.3) is 0 Å². The summed E-state index contributed by atoms with van der Waals surface area (Å²) in [7, 11) is 1.32. The zero-order chi connectivity index (χ0) is 13.1. The lowest BCUT2D eigenvalue weighted by atomic mass is 10.2. The minimum absolute atomic E-state index is 0.0486. The molecule has 0 fully saturated rings. The van der Waals surface area contributed by atoms with Gasteiger partial charge in [0.15, 0.2) is 6.29 Å². The summed E-state index contributed by atoms with van der Waals surface area (Å²) < 4.78 is 40.7. The van der Waals surface area contributed by atoms with E-state index in [4.69, 9.17) is 4.74 Å². The number of hydrogen-bond acceptors (Lipinski definition) is 3. The van der Waals surface area contributed by atoms with E-state index in [1.54, 1.807) is 5.32 Å². The maximum atomic E-state index is 12.0. The summed E-state index contributed by atoms with van der Waals surface area (Å²) in [4.78, 5) is 21.2. The third kappa shape index (κ3) is 3.20. The number of amides is 1. The number of methoxy groups -OCH3 is 1. The third-order valence-corrected chi connectivity index (χ3v) is 1.87. The van der Waals surface area contributed by atoms with E-state index in [-0.39, 0.29) is 17.0 Å². The Balaban J connectivity index is 2.94. The maximum Gasteiger partial charge on any atom is 0.471 e. The number of anilines is 1. The fraction of sp³-hybridized carbons (Fsp3) is 0.200. The Hall–Kier alpha value is -2.05. The molecule has 0 aliphatic rings. The van der Waals surface area contributed by atoms with Crippen LogP contribution in [-0.4, -0.2) is 25.5 Å². The largest absolute Gasteiger partial charge is 0.496 e. The van der Waals surface area contributed by atoms with Gasteiger partial charge in [0.1, 0.15) is 5.75 Å². The van der Waals surface area contributed by atoms with Crippen LogP contribution >= 0.6 is 0 Å². The summed E-state index contributed by atoms with van der Waals surface area (Å²) in [6, 6.07) is 3.58. The number of hydrogen-bond donors (Lipinski definition) is 1. The van der Waals surface area contributed by atoms with Crippen molar-refractivity contribution in [2.24, 2.45) is 0 Å². The van der Waals surface area contributed by atoms with E-state index >= 15 is 0 Å². The van der Waals surface area contributed by atoms with Crippen molar-refractivity contribution in [2.45, 2.75) is 6.18 Å². The molecule has 0 aliphatic carbocycles. The van der Waals surface area contributed by atoms with E-state index in [9.17, 15) is 22.8 Å². The Morgan fingerprint density at radius 2 is 2.06 bits per heavy atom. The van der Waals surface area contributed by atoms with Crippen LogP contribution in [0.3, 0.4) is 0 Å². The smallest absolute Gasteiger partial charge is 0.471 e. The predicted octanol–water partition coefficient (Wildman–Crippen LogP) is 2.01. The molecule has 0 bridgehead atoms. The highest BCUT2D eigenvalue weighted by Gasteiger charge is 2.38. The summed E-state index contributed by atoms with van der Waals surface area (Å²) in [5.74, 6) is -1.88. The minimum Gasteiger partial charge on any atom is -0.496 e. The molecule has 1 N–H and O–H groups in total. The number of halogens is 3. The van der Waals surface area contributed by atoms with Gasteiger partial charge in [-0.05, 0) is 18.2 Å². The summed E-state index contributed by atoms with van der Waals surface area (Å²) in [5, 5.41) is 1.63. The van der Waals surface area contributed by atoms with Gasteiger partial charge in [-0.1, -0.05) is 0 Å². The predicted molar refractivity (Wildman–Crippen MR) is 53.1 cm³/mol. The Kier molecular flexibility index (Phi) is 3.72. The fourth-order valence-electron chi connectivity index (χ4n) is 1.11. The number of ether oxygens (including phenoxy) is 1. The fourth-order valence-corrected chi connectivity index (χ4v) is 1.11. The van der Waals surface area contributed by atoms with E-state index in [1.165, 1.54) is 19.2 Å². The molecule has 1 aromatic rings. The number of benzene rings is 1. The van der Waals surface area contributed by atoms with Crippen molar-refractivity contribution in [3.05, 3.63) is 23.8 Å². The van der Waals surface area contributed by atoms with Crippen molar-refractivity contribution in [3.63, 3.8) is 0 Å². The molecule has 1 aromatic carbocycles. The van der Waals surface area contributed by atoms with Crippen molar-refractivity contribution in [1.29, 1.82) is 0 Å². The highest BCUT2D eigenvalue weighted by molar-refractivity contribution is 5.96. The van der Waals surface area contributed by atoms with Crippen LogP contribution < -0.4 is 10.1 Å². The van der Waals surface area contributed by atoms with Gasteiger partial charge >= 0.3 is 12.1 Å². The van der Waals surface area contributed by atoms with Gasteiger partial charge in [0, 0.05) is 5.69 Å². The van der Waals surface area contributed by atoms with Gasteiger partial charge in [0.25, 0.3) is 0 Å². The molecule has 1 rings (SSSR count). The second kappa shape index (κ2) is 4.86. The monoisotopic (exact) mass is 247 g/mol. The summed E-state index contributed by atoms with van der Waals surface area (Å²) in [6.07, 6.45) is -4.55. The highest BCUT2D eigenvalue weighted by atomic mass is 19.4. The van der Waals surface area contributed by atoms with E-state index in [2.05, 4.69) is 0 Å². The zero-order valence-corrected chi connectivity index (χ0v) is 8.67. The number of nitrogens with one attached hydrogen (secondary N) is 1. The standard InChI is InChI=1S/C10H8F3NO3/c1-17-8-3-2-7(4-6(8)5-15)14-9(16)10(11,12)13/h2-5H,1H3,(H,14,16). The van der Waals surface area contributed by atoms with Crippen LogP contribution in [0.5, 0.6) is 5.75 Å². The molecular weight excluding hydrogens is 239 g/mol. The molecule has 0 heterocycles. The van der Waals surface area contributed by atoms with E-state index in [0.717, 1.165) is 6.07 Å². The molecule has 0 unspecified atom stereocenters. The van der Waals surface area contributed by atoms with Gasteiger partial charge in [-0.3, -0.25) is 9.59 Å². The molecule has 0 saturated heterocycles. The second-order valence-electron chi connectivity index (χ2n) is 3.03. The quantitative estimate of drug-likeness (QED) is 0.831. The summed E-state index contributed by atoms with van der Waals surface area (Å²) in [6.45, 7) is 0. The number of aldehydes is 1. The molecule has 0 aromatic heterocycles. The third-order valence-electron chi connectivity index (χ3n) is 1.87. The van der Waals surface area contributed by atoms with Crippen LogP contribution in [0.15, 0.2) is 18.2 Å². The van der Waals surface area contributed by atoms with Crippen LogP contribution in [0.4, 0.5) is 18.9 Å². The van der Waals surface area contributed by atoms with Crippen molar-refractivity contribution in [1.82, 2.24) is 0 Å². The molecule has 0 radical (unpaired) electrons. The zero-order valence-electron chi connectivity index (χ0n) is 8.67. The van der Waals surface area contributed by atoms with Crippen molar-refractivity contribution < 1.29 is 27.5 Å². The van der Waals surface area contributed by atoms with Crippen molar-refractivity contribution in [2.75, 3.05) is 12.4 Å². The number of carbonyl (C=O) groups is 2. The summed E-state index contributed by atoms with van der Waals surface area (Å²) >= 11 is 0.